The molecule has 1 atom stereocenters. The molecule has 0 aromatic rings. The first kappa shape index (κ1) is 8.01. The molecule has 68 valence electrons. The summed E-state index contributed by atoms with van der Waals surface area (Å²) in [6.45, 7) is 1.80. The van der Waals surface area contributed by atoms with Gasteiger partial charge in [0.25, 0.3) is 6.47 Å². The smallest absolute Gasteiger partial charge is 0.294 e. The molecule has 12 heavy (non-hydrogen) atoms. The molecule has 4 heteroatoms. The van der Waals surface area contributed by atoms with Crippen LogP contribution < -0.4 is 0 Å². The Balaban J connectivity index is 1.84. The lowest BCUT2D eigenvalue weighted by Gasteiger charge is -2.40. The first-order valence-electron chi connectivity index (χ1n) is 4.32. The summed E-state index contributed by atoms with van der Waals surface area (Å²) in [6.07, 6.45) is 2.00. The van der Waals surface area contributed by atoms with E-state index >= 15 is 0 Å². The number of rotatable bonds is 4. The van der Waals surface area contributed by atoms with Crippen molar-refractivity contribution in [3.8, 4) is 0 Å². The molecule has 0 aromatic heterocycles. The van der Waals surface area contributed by atoms with Crippen molar-refractivity contribution in [1.29, 1.82) is 0 Å². The lowest BCUT2D eigenvalue weighted by Crippen LogP contribution is -2.56. The van der Waals surface area contributed by atoms with E-state index in [1.54, 1.807) is 0 Å². The van der Waals surface area contributed by atoms with Crippen molar-refractivity contribution >= 4 is 6.47 Å². The summed E-state index contributed by atoms with van der Waals surface area (Å²) in [5, 5.41) is 9.05. The van der Waals surface area contributed by atoms with Crippen LogP contribution in [0.2, 0.25) is 0 Å². The maximum Gasteiger partial charge on any atom is 0.294 e. The molecular formula is C8H13NO3. The highest BCUT2D eigenvalue weighted by Crippen LogP contribution is 2.37. The molecule has 1 N–H and O–H groups in total. The van der Waals surface area contributed by atoms with Gasteiger partial charge in [0.1, 0.15) is 0 Å². The van der Waals surface area contributed by atoms with Gasteiger partial charge in [-0.1, -0.05) is 0 Å². The lowest BCUT2D eigenvalue weighted by atomic mass is 10.1. The Hall–Kier alpha value is -0.610. The Morgan fingerprint density at radius 2 is 2.17 bits per heavy atom. The normalized spacial score (nSPS) is 27.8. The third-order valence-electron chi connectivity index (χ3n) is 2.47. The van der Waals surface area contributed by atoms with Crippen molar-refractivity contribution in [2.24, 2.45) is 5.92 Å². The summed E-state index contributed by atoms with van der Waals surface area (Å²) in [5.74, 6) is 0.516. The SMILES string of the molecule is O=COC(C1CC1)N1CC(O)C1. The Morgan fingerprint density at radius 1 is 1.50 bits per heavy atom. The van der Waals surface area contributed by atoms with Crippen LogP contribution in [0.25, 0.3) is 0 Å². The standard InChI is InChI=1S/C8H13NO3/c10-5-12-8(6-1-2-6)9-3-7(11)4-9/h5-8,11H,1-4H2. The van der Waals surface area contributed by atoms with Crippen LogP contribution in [-0.2, 0) is 9.53 Å². The second kappa shape index (κ2) is 3.03. The third-order valence-corrected chi connectivity index (χ3v) is 2.47. The number of carbonyl (C=O) groups is 1. The number of ether oxygens (including phenoxy) is 1. The van der Waals surface area contributed by atoms with Gasteiger partial charge in [-0.2, -0.15) is 0 Å². The van der Waals surface area contributed by atoms with Crippen molar-refractivity contribution in [2.45, 2.75) is 25.2 Å². The van der Waals surface area contributed by atoms with E-state index < -0.39 is 0 Å². The number of β-amino-alcohol motifs (C(OH)–C–C–N with tert-alkyl or cyclic N) is 1. The summed E-state index contributed by atoms with van der Waals surface area (Å²) in [6, 6.07) is 0. The van der Waals surface area contributed by atoms with Crippen molar-refractivity contribution in [2.75, 3.05) is 13.1 Å². The molecule has 4 nitrogen and oxygen atoms in total. The van der Waals surface area contributed by atoms with E-state index in [0.717, 1.165) is 12.8 Å². The highest BCUT2D eigenvalue weighted by Gasteiger charge is 2.41. The average molecular weight is 171 g/mol. The van der Waals surface area contributed by atoms with Gasteiger partial charge in [0, 0.05) is 19.0 Å². The van der Waals surface area contributed by atoms with Crippen LogP contribution >= 0.6 is 0 Å². The number of aliphatic hydroxyl groups excluding tert-OH is 1. The van der Waals surface area contributed by atoms with E-state index in [0.29, 0.717) is 25.5 Å². The third kappa shape index (κ3) is 1.44. The highest BCUT2D eigenvalue weighted by atomic mass is 16.5. The van der Waals surface area contributed by atoms with Crippen molar-refractivity contribution < 1.29 is 14.6 Å². The topological polar surface area (TPSA) is 49.8 Å². The summed E-state index contributed by atoms with van der Waals surface area (Å²) >= 11 is 0. The second-order valence-electron chi connectivity index (χ2n) is 3.57. The van der Waals surface area contributed by atoms with Crippen LogP contribution in [0.4, 0.5) is 0 Å². The molecule has 0 aromatic carbocycles. The summed E-state index contributed by atoms with van der Waals surface area (Å²) in [4.78, 5) is 12.2. The number of likely N-dealkylation sites (tertiary alicyclic amines) is 1. The van der Waals surface area contributed by atoms with Gasteiger partial charge in [-0.05, 0) is 12.8 Å². The zero-order chi connectivity index (χ0) is 8.55. The Morgan fingerprint density at radius 3 is 2.58 bits per heavy atom. The van der Waals surface area contributed by atoms with Crippen LogP contribution in [-0.4, -0.2) is 41.9 Å². The molecule has 0 radical (unpaired) electrons. The zero-order valence-corrected chi connectivity index (χ0v) is 6.85. The molecule has 2 rings (SSSR count). The summed E-state index contributed by atoms with van der Waals surface area (Å²) in [7, 11) is 0. The molecule has 2 fully saturated rings. The minimum absolute atomic E-state index is 0.0640. The van der Waals surface area contributed by atoms with Gasteiger partial charge in [-0.3, -0.25) is 9.69 Å². The fraction of sp³-hybridized carbons (Fsp3) is 0.875. The highest BCUT2D eigenvalue weighted by molar-refractivity contribution is 5.37. The van der Waals surface area contributed by atoms with Gasteiger partial charge in [-0.15, -0.1) is 0 Å². The predicted octanol–water partition coefficient (Wildman–Crippen LogP) is -0.428. The minimum Gasteiger partial charge on any atom is -0.448 e. The van der Waals surface area contributed by atoms with E-state index in [4.69, 9.17) is 9.84 Å². The van der Waals surface area contributed by atoms with Gasteiger partial charge in [0.05, 0.1) is 6.10 Å². The molecule has 1 saturated carbocycles. The molecule has 1 aliphatic heterocycles. The van der Waals surface area contributed by atoms with Gasteiger partial charge in [-0.25, -0.2) is 0 Å². The Labute approximate surface area is 71.1 Å². The zero-order valence-electron chi connectivity index (χ0n) is 6.85. The minimum atomic E-state index is -0.221. The molecule has 1 unspecified atom stereocenters. The number of aliphatic hydroxyl groups is 1. The van der Waals surface area contributed by atoms with E-state index in [-0.39, 0.29) is 12.3 Å². The molecule has 1 aliphatic carbocycles. The molecular weight excluding hydrogens is 158 g/mol. The molecule has 1 heterocycles. The first-order valence-corrected chi connectivity index (χ1v) is 4.32. The predicted molar refractivity (Wildman–Crippen MR) is 41.2 cm³/mol. The van der Waals surface area contributed by atoms with Crippen molar-refractivity contribution in [3.63, 3.8) is 0 Å². The van der Waals surface area contributed by atoms with Crippen LogP contribution in [0.1, 0.15) is 12.8 Å². The van der Waals surface area contributed by atoms with Gasteiger partial charge >= 0.3 is 0 Å². The van der Waals surface area contributed by atoms with Gasteiger partial charge < -0.3 is 9.84 Å². The van der Waals surface area contributed by atoms with Crippen LogP contribution in [0.5, 0.6) is 0 Å². The van der Waals surface area contributed by atoms with Crippen molar-refractivity contribution in [1.82, 2.24) is 4.90 Å². The number of nitrogens with zero attached hydrogens (tertiary/aromatic N) is 1. The molecule has 0 amide bonds. The fourth-order valence-corrected chi connectivity index (χ4v) is 1.63. The maximum atomic E-state index is 10.2. The average Bonchev–Trinajstić information content (AvgIpc) is 2.77. The van der Waals surface area contributed by atoms with E-state index in [2.05, 4.69) is 0 Å². The largest absolute Gasteiger partial charge is 0.448 e. The van der Waals surface area contributed by atoms with Crippen LogP contribution in [0.15, 0.2) is 0 Å². The number of hydrogen-bond acceptors (Lipinski definition) is 4. The van der Waals surface area contributed by atoms with E-state index in [9.17, 15) is 4.79 Å². The van der Waals surface area contributed by atoms with Crippen LogP contribution in [0, 0.1) is 5.92 Å². The fourth-order valence-electron chi connectivity index (χ4n) is 1.63. The molecule has 0 bridgehead atoms. The quantitative estimate of drug-likeness (QED) is 0.583. The molecule has 0 spiro atoms. The van der Waals surface area contributed by atoms with Crippen LogP contribution in [0.3, 0.4) is 0 Å². The van der Waals surface area contributed by atoms with Gasteiger partial charge in [0.15, 0.2) is 6.23 Å². The molecule has 2 aliphatic rings. The lowest BCUT2D eigenvalue weighted by molar-refractivity contribution is -0.160. The number of hydrogen-bond donors (Lipinski definition) is 1. The summed E-state index contributed by atoms with van der Waals surface area (Å²) in [5.41, 5.74) is 0. The molecule has 1 saturated heterocycles. The van der Waals surface area contributed by atoms with E-state index in [1.165, 1.54) is 0 Å². The number of carbonyl (C=O) groups excluding carboxylic acids is 1. The monoisotopic (exact) mass is 171 g/mol. The van der Waals surface area contributed by atoms with Gasteiger partial charge in [0.2, 0.25) is 0 Å². The van der Waals surface area contributed by atoms with Crippen molar-refractivity contribution in [3.05, 3.63) is 0 Å². The maximum absolute atomic E-state index is 10.2. The second-order valence-corrected chi connectivity index (χ2v) is 3.57. The first-order chi connectivity index (χ1) is 5.81. The Kier molecular flexibility index (Phi) is 2.02. The van der Waals surface area contributed by atoms with E-state index in [1.807, 2.05) is 4.90 Å². The Bertz CT molecular complexity index is 175. The summed E-state index contributed by atoms with van der Waals surface area (Å²) < 4.78 is 4.95.